The van der Waals surface area contributed by atoms with Gasteiger partial charge in [-0.05, 0) is 35.9 Å². The van der Waals surface area contributed by atoms with Crippen molar-refractivity contribution >= 4 is 5.97 Å². The van der Waals surface area contributed by atoms with Crippen molar-refractivity contribution in [2.24, 2.45) is 0 Å². The van der Waals surface area contributed by atoms with Crippen LogP contribution in [0.5, 0.6) is 17.2 Å². The second kappa shape index (κ2) is 5.32. The SMILES string of the molecule is O=C(O)c1cc(F)cc(COc2ccc3c(c2)OCO3)c1. The molecule has 1 heterocycles. The minimum Gasteiger partial charge on any atom is -0.489 e. The molecule has 1 aliphatic heterocycles. The molecule has 0 spiro atoms. The Balaban J connectivity index is 1.74. The molecule has 2 aromatic rings. The molecule has 1 N–H and O–H groups in total. The van der Waals surface area contributed by atoms with E-state index in [1.54, 1.807) is 18.2 Å². The monoisotopic (exact) mass is 290 g/mol. The van der Waals surface area contributed by atoms with E-state index >= 15 is 0 Å². The topological polar surface area (TPSA) is 65.0 Å². The van der Waals surface area contributed by atoms with Gasteiger partial charge in [0.1, 0.15) is 18.2 Å². The van der Waals surface area contributed by atoms with Crippen LogP contribution in [0.1, 0.15) is 15.9 Å². The van der Waals surface area contributed by atoms with Gasteiger partial charge < -0.3 is 19.3 Å². The van der Waals surface area contributed by atoms with Crippen LogP contribution in [0.4, 0.5) is 4.39 Å². The van der Waals surface area contributed by atoms with Gasteiger partial charge in [-0.3, -0.25) is 0 Å². The van der Waals surface area contributed by atoms with Crippen molar-refractivity contribution in [1.29, 1.82) is 0 Å². The number of carboxylic acid groups (broad SMARTS) is 1. The summed E-state index contributed by atoms with van der Waals surface area (Å²) in [7, 11) is 0. The summed E-state index contributed by atoms with van der Waals surface area (Å²) in [6.07, 6.45) is 0. The molecule has 6 heteroatoms. The first kappa shape index (κ1) is 13.2. The first-order valence-electron chi connectivity index (χ1n) is 6.17. The first-order valence-corrected chi connectivity index (χ1v) is 6.17. The van der Waals surface area contributed by atoms with Crippen LogP contribution in [0.2, 0.25) is 0 Å². The number of halogens is 1. The first-order chi connectivity index (χ1) is 10.1. The summed E-state index contributed by atoms with van der Waals surface area (Å²) in [6, 6.07) is 8.65. The van der Waals surface area contributed by atoms with E-state index in [1.165, 1.54) is 12.1 Å². The van der Waals surface area contributed by atoms with E-state index in [2.05, 4.69) is 0 Å². The van der Waals surface area contributed by atoms with Crippen molar-refractivity contribution in [2.75, 3.05) is 6.79 Å². The van der Waals surface area contributed by atoms with Crippen molar-refractivity contribution in [2.45, 2.75) is 6.61 Å². The molecule has 0 saturated heterocycles. The molecule has 0 unspecified atom stereocenters. The summed E-state index contributed by atoms with van der Waals surface area (Å²) in [5.41, 5.74) is 0.323. The van der Waals surface area contributed by atoms with Gasteiger partial charge in [-0.1, -0.05) is 0 Å². The number of aromatic carboxylic acids is 1. The zero-order valence-corrected chi connectivity index (χ0v) is 10.8. The molecule has 5 nitrogen and oxygen atoms in total. The molecule has 0 saturated carbocycles. The maximum absolute atomic E-state index is 13.3. The maximum atomic E-state index is 13.3. The fourth-order valence-corrected chi connectivity index (χ4v) is 1.99. The van der Waals surface area contributed by atoms with E-state index in [0.29, 0.717) is 22.8 Å². The summed E-state index contributed by atoms with van der Waals surface area (Å²) < 4.78 is 29.3. The van der Waals surface area contributed by atoms with Crippen LogP contribution >= 0.6 is 0 Å². The van der Waals surface area contributed by atoms with E-state index in [4.69, 9.17) is 19.3 Å². The highest BCUT2D eigenvalue weighted by atomic mass is 19.1. The van der Waals surface area contributed by atoms with Crippen molar-refractivity contribution in [1.82, 2.24) is 0 Å². The van der Waals surface area contributed by atoms with E-state index < -0.39 is 11.8 Å². The Morgan fingerprint density at radius 3 is 2.81 bits per heavy atom. The normalized spacial score (nSPS) is 12.2. The summed E-state index contributed by atoms with van der Waals surface area (Å²) in [5, 5.41) is 8.89. The molecule has 3 rings (SSSR count). The Morgan fingerprint density at radius 1 is 1.19 bits per heavy atom. The summed E-state index contributed by atoms with van der Waals surface area (Å²) >= 11 is 0. The predicted octanol–water partition coefficient (Wildman–Crippen LogP) is 2.83. The standard InChI is InChI=1S/C15H11FO5/c16-11-4-9(3-10(5-11)15(17)18)7-19-12-1-2-13-14(6-12)21-8-20-13/h1-6H,7-8H2,(H,17,18). The Kier molecular flexibility index (Phi) is 3.35. The third-order valence-electron chi connectivity index (χ3n) is 2.95. The van der Waals surface area contributed by atoms with Crippen molar-refractivity contribution < 1.29 is 28.5 Å². The number of ether oxygens (including phenoxy) is 3. The van der Waals surface area contributed by atoms with E-state index in [1.807, 2.05) is 0 Å². The van der Waals surface area contributed by atoms with Crippen LogP contribution in [0.25, 0.3) is 0 Å². The molecule has 0 bridgehead atoms. The Hall–Kier alpha value is -2.76. The summed E-state index contributed by atoms with van der Waals surface area (Å²) in [6.45, 7) is 0.225. The molecule has 21 heavy (non-hydrogen) atoms. The lowest BCUT2D eigenvalue weighted by atomic mass is 10.1. The molecule has 0 aromatic heterocycles. The molecular weight excluding hydrogens is 279 g/mol. The third kappa shape index (κ3) is 2.89. The second-order valence-corrected chi connectivity index (χ2v) is 4.46. The summed E-state index contributed by atoms with van der Waals surface area (Å²) in [5.74, 6) is -0.0439. The molecule has 108 valence electrons. The number of rotatable bonds is 4. The van der Waals surface area contributed by atoms with Crippen LogP contribution in [-0.4, -0.2) is 17.9 Å². The van der Waals surface area contributed by atoms with E-state index in [9.17, 15) is 9.18 Å². The predicted molar refractivity (Wildman–Crippen MR) is 70.3 cm³/mol. The molecule has 0 radical (unpaired) electrons. The highest BCUT2D eigenvalue weighted by molar-refractivity contribution is 5.87. The molecule has 2 aromatic carbocycles. The van der Waals surface area contributed by atoms with E-state index in [0.717, 1.165) is 6.07 Å². The van der Waals surface area contributed by atoms with Crippen LogP contribution < -0.4 is 14.2 Å². The molecule has 0 aliphatic carbocycles. The minimum absolute atomic E-state index is 0.0533. The van der Waals surface area contributed by atoms with Crippen LogP contribution in [-0.2, 0) is 6.61 Å². The number of benzene rings is 2. The average Bonchev–Trinajstić information content (AvgIpc) is 2.92. The largest absolute Gasteiger partial charge is 0.489 e. The molecule has 1 aliphatic rings. The third-order valence-corrected chi connectivity index (χ3v) is 2.95. The maximum Gasteiger partial charge on any atom is 0.335 e. The van der Waals surface area contributed by atoms with Gasteiger partial charge in [0.15, 0.2) is 11.5 Å². The van der Waals surface area contributed by atoms with Crippen LogP contribution in [0.15, 0.2) is 36.4 Å². The van der Waals surface area contributed by atoms with Gasteiger partial charge in [0.25, 0.3) is 0 Å². The fourth-order valence-electron chi connectivity index (χ4n) is 1.99. The quantitative estimate of drug-likeness (QED) is 0.938. The number of carboxylic acids is 1. The molecule has 0 atom stereocenters. The molecule has 0 fully saturated rings. The van der Waals surface area contributed by atoms with Gasteiger partial charge in [-0.25, -0.2) is 9.18 Å². The average molecular weight is 290 g/mol. The summed E-state index contributed by atoms with van der Waals surface area (Å²) in [4.78, 5) is 10.9. The number of fused-ring (bicyclic) bond motifs is 1. The van der Waals surface area contributed by atoms with Crippen molar-refractivity contribution in [3.8, 4) is 17.2 Å². The second-order valence-electron chi connectivity index (χ2n) is 4.46. The fraction of sp³-hybridized carbons (Fsp3) is 0.133. The lowest BCUT2D eigenvalue weighted by Gasteiger charge is -2.08. The van der Waals surface area contributed by atoms with Gasteiger partial charge in [-0.2, -0.15) is 0 Å². The number of hydrogen-bond donors (Lipinski definition) is 1. The zero-order valence-electron chi connectivity index (χ0n) is 10.8. The van der Waals surface area contributed by atoms with Gasteiger partial charge in [0, 0.05) is 6.07 Å². The Morgan fingerprint density at radius 2 is 2.00 bits per heavy atom. The Labute approximate surface area is 119 Å². The zero-order chi connectivity index (χ0) is 14.8. The van der Waals surface area contributed by atoms with Crippen LogP contribution in [0.3, 0.4) is 0 Å². The molecular formula is C15H11FO5. The lowest BCUT2D eigenvalue weighted by molar-refractivity contribution is 0.0696. The highest BCUT2D eigenvalue weighted by Crippen LogP contribution is 2.35. The van der Waals surface area contributed by atoms with Crippen molar-refractivity contribution in [3.05, 3.63) is 53.3 Å². The smallest absolute Gasteiger partial charge is 0.335 e. The van der Waals surface area contributed by atoms with Crippen LogP contribution in [0, 0.1) is 5.82 Å². The number of hydrogen-bond acceptors (Lipinski definition) is 4. The Bertz CT molecular complexity index is 698. The highest BCUT2D eigenvalue weighted by Gasteiger charge is 2.14. The minimum atomic E-state index is -1.18. The van der Waals surface area contributed by atoms with E-state index in [-0.39, 0.29) is 19.0 Å². The number of carbonyl (C=O) groups is 1. The lowest BCUT2D eigenvalue weighted by Crippen LogP contribution is -2.02. The van der Waals surface area contributed by atoms with Gasteiger partial charge in [-0.15, -0.1) is 0 Å². The van der Waals surface area contributed by atoms with Gasteiger partial charge in [0.05, 0.1) is 5.56 Å². The van der Waals surface area contributed by atoms with Gasteiger partial charge in [0.2, 0.25) is 6.79 Å². The van der Waals surface area contributed by atoms with Gasteiger partial charge >= 0.3 is 5.97 Å². The molecule has 0 amide bonds. The van der Waals surface area contributed by atoms with Crippen molar-refractivity contribution in [3.63, 3.8) is 0 Å².